The van der Waals surface area contributed by atoms with Gasteiger partial charge in [-0.1, -0.05) is 72.4 Å². The Morgan fingerprint density at radius 2 is 1.64 bits per heavy atom. The fraction of sp³-hybridized carbons (Fsp3) is 0.160. The predicted molar refractivity (Wildman–Crippen MR) is 136 cm³/mol. The summed E-state index contributed by atoms with van der Waals surface area (Å²) < 4.78 is 40.8. The van der Waals surface area contributed by atoms with Gasteiger partial charge in [-0.2, -0.15) is 4.31 Å². The highest BCUT2D eigenvalue weighted by Crippen LogP contribution is 2.20. The molecule has 0 aliphatic carbocycles. The average molecular weight is 526 g/mol. The number of hydrogen-bond donors (Lipinski definition) is 2. The van der Waals surface area contributed by atoms with Crippen molar-refractivity contribution in [3.63, 3.8) is 0 Å². The van der Waals surface area contributed by atoms with Crippen LogP contribution in [0.15, 0.2) is 95.0 Å². The van der Waals surface area contributed by atoms with Crippen molar-refractivity contribution in [3.8, 4) is 11.4 Å². The molecule has 1 aromatic heterocycles. The lowest BCUT2D eigenvalue weighted by molar-refractivity contribution is -0.121. The molecular weight excluding hydrogens is 501 g/mol. The average Bonchev–Trinajstić information content (AvgIpc) is 3.37. The summed E-state index contributed by atoms with van der Waals surface area (Å²) in [7, 11) is -4.03. The summed E-state index contributed by atoms with van der Waals surface area (Å²) in [6.07, 6.45) is 0. The van der Waals surface area contributed by atoms with Crippen molar-refractivity contribution in [3.05, 3.63) is 96.3 Å². The molecule has 1 amide bonds. The Labute approximate surface area is 213 Å². The first-order valence-corrected chi connectivity index (χ1v) is 13.5. The molecule has 8 nitrogen and oxygen atoms in total. The molecule has 36 heavy (non-hydrogen) atoms. The second-order valence-corrected chi connectivity index (χ2v) is 10.7. The van der Waals surface area contributed by atoms with Crippen LogP contribution in [0.3, 0.4) is 0 Å². The van der Waals surface area contributed by atoms with Gasteiger partial charge in [-0.15, -0.1) is 5.10 Å². The van der Waals surface area contributed by atoms with Crippen LogP contribution in [0.25, 0.3) is 11.4 Å². The summed E-state index contributed by atoms with van der Waals surface area (Å²) in [4.78, 5) is 17.0. The van der Waals surface area contributed by atoms with E-state index in [4.69, 9.17) is 0 Å². The van der Waals surface area contributed by atoms with Crippen molar-refractivity contribution in [1.82, 2.24) is 24.8 Å². The van der Waals surface area contributed by atoms with Crippen LogP contribution in [0, 0.1) is 5.82 Å². The lowest BCUT2D eigenvalue weighted by atomic mass is 10.2. The van der Waals surface area contributed by atoms with Crippen molar-refractivity contribution in [2.75, 3.05) is 18.8 Å². The number of H-pyrrole nitrogens is 1. The quantitative estimate of drug-likeness (QED) is 0.228. The van der Waals surface area contributed by atoms with Gasteiger partial charge >= 0.3 is 0 Å². The van der Waals surface area contributed by atoms with Gasteiger partial charge in [0.05, 0.1) is 11.4 Å². The number of hydrogen-bond acceptors (Lipinski definition) is 6. The summed E-state index contributed by atoms with van der Waals surface area (Å²) >= 11 is 1.37. The third-order valence-electron chi connectivity index (χ3n) is 5.14. The molecule has 0 unspecified atom stereocenters. The SMILES string of the molecule is O=C(CN(Cc1ccccc1)S(=O)(=O)c1ccc(F)cc1)NCCSc1n[nH]c(-c2ccccc2)n1. The molecule has 0 radical (unpaired) electrons. The predicted octanol–water partition coefficient (Wildman–Crippen LogP) is 3.71. The molecule has 4 rings (SSSR count). The third-order valence-corrected chi connectivity index (χ3v) is 7.80. The third kappa shape index (κ3) is 6.78. The molecule has 3 aromatic carbocycles. The lowest BCUT2D eigenvalue weighted by Crippen LogP contribution is -2.40. The van der Waals surface area contributed by atoms with E-state index >= 15 is 0 Å². The van der Waals surface area contributed by atoms with Crippen molar-refractivity contribution in [2.45, 2.75) is 16.6 Å². The number of aromatic amines is 1. The molecule has 0 spiro atoms. The van der Waals surface area contributed by atoms with E-state index in [0.29, 0.717) is 23.3 Å². The van der Waals surface area contributed by atoms with Crippen molar-refractivity contribution >= 4 is 27.7 Å². The number of sulfonamides is 1. The smallest absolute Gasteiger partial charge is 0.243 e. The van der Waals surface area contributed by atoms with Gasteiger partial charge in [0.1, 0.15) is 5.82 Å². The number of nitrogens with zero attached hydrogens (tertiary/aromatic N) is 3. The van der Waals surface area contributed by atoms with E-state index in [9.17, 15) is 17.6 Å². The van der Waals surface area contributed by atoms with Crippen LogP contribution in [0.4, 0.5) is 4.39 Å². The van der Waals surface area contributed by atoms with Crippen LogP contribution in [0.2, 0.25) is 0 Å². The zero-order valence-corrected chi connectivity index (χ0v) is 20.8. The zero-order valence-electron chi connectivity index (χ0n) is 19.2. The van der Waals surface area contributed by atoms with E-state index in [0.717, 1.165) is 27.6 Å². The number of rotatable bonds is 11. The Bertz CT molecular complexity index is 1380. The largest absolute Gasteiger partial charge is 0.354 e. The molecule has 0 fully saturated rings. The van der Waals surface area contributed by atoms with Crippen molar-refractivity contribution in [2.24, 2.45) is 0 Å². The van der Waals surface area contributed by atoms with Crippen LogP contribution in [0.5, 0.6) is 0 Å². The molecule has 186 valence electrons. The number of halogens is 1. The minimum atomic E-state index is -4.03. The number of aromatic nitrogens is 3. The van der Waals surface area contributed by atoms with E-state index in [2.05, 4.69) is 20.5 Å². The highest BCUT2D eigenvalue weighted by molar-refractivity contribution is 7.99. The number of carbonyl (C=O) groups excluding carboxylic acids is 1. The molecule has 4 aromatic rings. The topological polar surface area (TPSA) is 108 Å². The molecule has 0 aliphatic rings. The van der Waals surface area contributed by atoms with Crippen LogP contribution in [0.1, 0.15) is 5.56 Å². The molecule has 11 heteroatoms. The maximum atomic E-state index is 13.3. The fourth-order valence-corrected chi connectivity index (χ4v) is 5.39. The lowest BCUT2D eigenvalue weighted by Gasteiger charge is -2.22. The van der Waals surface area contributed by atoms with E-state index in [1.165, 1.54) is 23.9 Å². The molecule has 0 aliphatic heterocycles. The second-order valence-electron chi connectivity index (χ2n) is 7.74. The Morgan fingerprint density at radius 1 is 0.972 bits per heavy atom. The van der Waals surface area contributed by atoms with E-state index in [1.54, 1.807) is 24.3 Å². The summed E-state index contributed by atoms with van der Waals surface area (Å²) in [5.41, 5.74) is 1.65. The van der Waals surface area contributed by atoms with Gasteiger partial charge in [0.15, 0.2) is 5.82 Å². The van der Waals surface area contributed by atoms with Crippen LogP contribution < -0.4 is 5.32 Å². The first-order chi connectivity index (χ1) is 17.4. The van der Waals surface area contributed by atoms with Gasteiger partial charge in [-0.05, 0) is 29.8 Å². The first-order valence-electron chi connectivity index (χ1n) is 11.1. The van der Waals surface area contributed by atoms with Crippen molar-refractivity contribution in [1.29, 1.82) is 0 Å². The Hall–Kier alpha value is -3.54. The number of amides is 1. The Morgan fingerprint density at radius 3 is 2.33 bits per heavy atom. The van der Waals surface area contributed by atoms with Gasteiger partial charge in [0.25, 0.3) is 0 Å². The number of nitrogens with one attached hydrogen (secondary N) is 2. The highest BCUT2D eigenvalue weighted by Gasteiger charge is 2.27. The van der Waals surface area contributed by atoms with Crippen LogP contribution in [-0.4, -0.2) is 52.7 Å². The number of carbonyl (C=O) groups is 1. The van der Waals surface area contributed by atoms with Gasteiger partial charge in [0, 0.05) is 24.4 Å². The van der Waals surface area contributed by atoms with Gasteiger partial charge in [-0.3, -0.25) is 9.89 Å². The Kier molecular flexibility index (Phi) is 8.47. The molecule has 0 atom stereocenters. The van der Waals surface area contributed by atoms with E-state index in [-0.39, 0.29) is 18.0 Å². The van der Waals surface area contributed by atoms with Gasteiger partial charge < -0.3 is 5.32 Å². The maximum Gasteiger partial charge on any atom is 0.243 e. The normalized spacial score (nSPS) is 11.5. The first kappa shape index (κ1) is 25.5. The number of thioether (sulfide) groups is 1. The maximum absolute atomic E-state index is 13.3. The standard InChI is InChI=1S/C25H24FN5O3S2/c26-21-11-13-22(14-12-21)36(33,34)31(17-19-7-3-1-4-8-19)18-23(32)27-15-16-35-25-28-24(29-30-25)20-9-5-2-6-10-20/h1-14H,15-18H2,(H,27,32)(H,28,29,30). The van der Waals surface area contributed by atoms with E-state index < -0.39 is 21.7 Å². The minimum absolute atomic E-state index is 0.00216. The second kappa shape index (κ2) is 11.9. The minimum Gasteiger partial charge on any atom is -0.354 e. The summed E-state index contributed by atoms with van der Waals surface area (Å²) in [6, 6.07) is 23.1. The van der Waals surface area contributed by atoms with Crippen LogP contribution >= 0.6 is 11.8 Å². The number of benzene rings is 3. The van der Waals surface area contributed by atoms with Crippen LogP contribution in [-0.2, 0) is 21.4 Å². The molecule has 2 N–H and O–H groups in total. The fourth-order valence-electron chi connectivity index (χ4n) is 3.35. The molecule has 0 saturated heterocycles. The van der Waals surface area contributed by atoms with Crippen molar-refractivity contribution < 1.29 is 17.6 Å². The highest BCUT2D eigenvalue weighted by atomic mass is 32.2. The van der Waals surface area contributed by atoms with Gasteiger partial charge in [0.2, 0.25) is 21.1 Å². The monoisotopic (exact) mass is 525 g/mol. The molecular formula is C25H24FN5O3S2. The summed E-state index contributed by atoms with van der Waals surface area (Å²) in [6.45, 7) is -0.0747. The van der Waals surface area contributed by atoms with E-state index in [1.807, 2.05) is 36.4 Å². The zero-order chi connectivity index (χ0) is 25.4. The molecule has 1 heterocycles. The Balaban J connectivity index is 1.35. The summed E-state index contributed by atoms with van der Waals surface area (Å²) in [5.74, 6) is 0.171. The summed E-state index contributed by atoms with van der Waals surface area (Å²) in [5, 5.41) is 10.4. The molecule has 0 saturated carbocycles. The molecule has 0 bridgehead atoms. The van der Waals surface area contributed by atoms with Gasteiger partial charge in [-0.25, -0.2) is 17.8 Å².